The summed E-state index contributed by atoms with van der Waals surface area (Å²) in [6, 6.07) is 1.57. The normalized spacial score (nSPS) is 10.4. The highest BCUT2D eigenvalue weighted by molar-refractivity contribution is 6.42. The second-order valence-electron chi connectivity index (χ2n) is 2.86. The van der Waals surface area contributed by atoms with Crippen LogP contribution in [0.5, 0.6) is 0 Å². The van der Waals surface area contributed by atoms with Crippen LogP contribution in [0, 0.1) is 0 Å². The van der Waals surface area contributed by atoms with E-state index in [1.807, 2.05) is 0 Å². The van der Waals surface area contributed by atoms with Crippen molar-refractivity contribution in [3.8, 4) is 0 Å². The lowest BCUT2D eigenvalue weighted by Gasteiger charge is -2.08. The van der Waals surface area contributed by atoms with Crippen molar-refractivity contribution in [1.82, 2.24) is 4.98 Å². The predicted molar refractivity (Wildman–Crippen MR) is 64.2 cm³/mol. The first kappa shape index (κ1) is 12.8. The number of pyridine rings is 1. The molecule has 1 rings (SSSR count). The lowest BCUT2D eigenvalue weighted by atomic mass is 10.4. The van der Waals surface area contributed by atoms with E-state index < -0.39 is 0 Å². The van der Waals surface area contributed by atoms with Crippen molar-refractivity contribution in [3.05, 3.63) is 21.3 Å². The zero-order valence-corrected chi connectivity index (χ0v) is 10.5. The lowest BCUT2D eigenvalue weighted by molar-refractivity contribution is 0.198. The Morgan fingerprint density at radius 1 is 1.33 bits per heavy atom. The van der Waals surface area contributed by atoms with Crippen molar-refractivity contribution < 1.29 is 4.74 Å². The molecule has 0 amide bonds. The third-order valence-electron chi connectivity index (χ3n) is 1.70. The van der Waals surface area contributed by atoms with E-state index in [1.165, 1.54) is 0 Å². The molecule has 0 unspecified atom stereocenters. The number of aromatic nitrogens is 1. The van der Waals surface area contributed by atoms with Crippen LogP contribution < -0.4 is 5.32 Å². The highest BCUT2D eigenvalue weighted by atomic mass is 35.5. The van der Waals surface area contributed by atoms with Gasteiger partial charge in [-0.25, -0.2) is 4.98 Å². The van der Waals surface area contributed by atoms with Crippen LogP contribution in [0.4, 0.5) is 5.82 Å². The number of ether oxygens (including phenoxy) is 1. The van der Waals surface area contributed by atoms with Crippen LogP contribution in [-0.4, -0.2) is 25.2 Å². The first-order valence-corrected chi connectivity index (χ1v) is 5.53. The van der Waals surface area contributed by atoms with Gasteiger partial charge in [-0.1, -0.05) is 34.8 Å². The fourth-order valence-electron chi connectivity index (χ4n) is 0.991. The van der Waals surface area contributed by atoms with Gasteiger partial charge in [0.05, 0.1) is 10.0 Å². The number of methoxy groups -OCH3 is 1. The highest BCUT2D eigenvalue weighted by Crippen LogP contribution is 2.28. The van der Waals surface area contributed by atoms with Crippen LogP contribution >= 0.6 is 34.8 Å². The van der Waals surface area contributed by atoms with Gasteiger partial charge in [0.2, 0.25) is 0 Å². The molecule has 1 heterocycles. The molecule has 15 heavy (non-hydrogen) atoms. The van der Waals surface area contributed by atoms with E-state index in [2.05, 4.69) is 10.3 Å². The number of hydrogen-bond donors (Lipinski definition) is 1. The van der Waals surface area contributed by atoms with Crippen LogP contribution in [-0.2, 0) is 4.74 Å². The van der Waals surface area contributed by atoms with Gasteiger partial charge in [0, 0.05) is 20.3 Å². The minimum absolute atomic E-state index is 0.246. The van der Waals surface area contributed by atoms with Crippen molar-refractivity contribution in [1.29, 1.82) is 0 Å². The predicted octanol–water partition coefficient (Wildman–Crippen LogP) is 3.49. The van der Waals surface area contributed by atoms with E-state index in [0.717, 1.165) is 13.0 Å². The van der Waals surface area contributed by atoms with E-state index in [0.29, 0.717) is 22.5 Å². The lowest BCUT2D eigenvalue weighted by Crippen LogP contribution is -2.06. The summed E-state index contributed by atoms with van der Waals surface area (Å²) in [4.78, 5) is 4.02. The summed E-state index contributed by atoms with van der Waals surface area (Å²) in [5.74, 6) is 0.544. The molecule has 0 atom stereocenters. The van der Waals surface area contributed by atoms with Crippen molar-refractivity contribution in [2.24, 2.45) is 0 Å². The molecule has 0 bridgehead atoms. The quantitative estimate of drug-likeness (QED) is 0.656. The summed E-state index contributed by atoms with van der Waals surface area (Å²) >= 11 is 17.4. The third-order valence-corrected chi connectivity index (χ3v) is 2.67. The summed E-state index contributed by atoms with van der Waals surface area (Å²) in [7, 11) is 1.66. The Labute approximate surface area is 104 Å². The van der Waals surface area contributed by atoms with Crippen molar-refractivity contribution in [3.63, 3.8) is 0 Å². The SMILES string of the molecule is COCCCNc1nc(Cl)c(Cl)cc1Cl. The molecule has 0 radical (unpaired) electrons. The fraction of sp³-hybridized carbons (Fsp3) is 0.444. The van der Waals surface area contributed by atoms with Gasteiger partial charge in [0.15, 0.2) is 0 Å². The molecule has 0 aliphatic rings. The number of nitrogens with zero attached hydrogens (tertiary/aromatic N) is 1. The minimum atomic E-state index is 0.246. The summed E-state index contributed by atoms with van der Waals surface area (Å²) in [6.07, 6.45) is 0.870. The third kappa shape index (κ3) is 4.03. The van der Waals surface area contributed by atoms with Gasteiger partial charge in [0.1, 0.15) is 11.0 Å². The number of rotatable bonds is 5. The van der Waals surface area contributed by atoms with Gasteiger partial charge in [-0.3, -0.25) is 0 Å². The maximum Gasteiger partial charge on any atom is 0.150 e. The van der Waals surface area contributed by atoms with Gasteiger partial charge in [-0.05, 0) is 12.5 Å². The summed E-state index contributed by atoms with van der Waals surface area (Å²) in [5.41, 5.74) is 0. The van der Waals surface area contributed by atoms with Crippen LogP contribution in [0.3, 0.4) is 0 Å². The van der Waals surface area contributed by atoms with E-state index in [4.69, 9.17) is 39.5 Å². The van der Waals surface area contributed by atoms with Gasteiger partial charge < -0.3 is 10.1 Å². The zero-order valence-electron chi connectivity index (χ0n) is 8.19. The molecule has 0 saturated carbocycles. The average Bonchev–Trinajstić information content (AvgIpc) is 2.20. The molecular weight excluding hydrogens is 258 g/mol. The molecule has 0 spiro atoms. The fourth-order valence-corrected chi connectivity index (χ4v) is 1.56. The van der Waals surface area contributed by atoms with Crippen LogP contribution in [0.1, 0.15) is 6.42 Å². The first-order chi connectivity index (χ1) is 7.15. The maximum absolute atomic E-state index is 5.91. The average molecular weight is 270 g/mol. The Morgan fingerprint density at radius 2 is 2.07 bits per heavy atom. The molecule has 0 aliphatic carbocycles. The van der Waals surface area contributed by atoms with E-state index >= 15 is 0 Å². The summed E-state index contributed by atoms with van der Waals surface area (Å²) in [5, 5.41) is 4.11. The van der Waals surface area contributed by atoms with E-state index in [9.17, 15) is 0 Å². The summed E-state index contributed by atoms with van der Waals surface area (Å²) in [6.45, 7) is 1.41. The molecule has 6 heteroatoms. The molecule has 0 saturated heterocycles. The molecule has 0 aromatic carbocycles. The Hall–Kier alpha value is -0.220. The summed E-state index contributed by atoms with van der Waals surface area (Å²) < 4.78 is 4.91. The monoisotopic (exact) mass is 268 g/mol. The van der Waals surface area contributed by atoms with Gasteiger partial charge in [0.25, 0.3) is 0 Å². The smallest absolute Gasteiger partial charge is 0.150 e. The maximum atomic E-state index is 5.91. The number of nitrogens with one attached hydrogen (secondary N) is 1. The standard InChI is InChI=1S/C9H11Cl3N2O/c1-15-4-2-3-13-9-7(11)5-6(10)8(12)14-9/h5H,2-4H2,1H3,(H,13,14). The molecule has 1 aromatic rings. The largest absolute Gasteiger partial charge is 0.385 e. The van der Waals surface area contributed by atoms with Crippen LogP contribution in [0.25, 0.3) is 0 Å². The Kier molecular flexibility index (Phi) is 5.47. The molecule has 1 aromatic heterocycles. The van der Waals surface area contributed by atoms with Gasteiger partial charge >= 0.3 is 0 Å². The van der Waals surface area contributed by atoms with Gasteiger partial charge in [-0.2, -0.15) is 0 Å². The molecule has 1 N–H and O–H groups in total. The second-order valence-corrected chi connectivity index (χ2v) is 4.04. The Balaban J connectivity index is 2.57. The highest BCUT2D eigenvalue weighted by Gasteiger charge is 2.06. The van der Waals surface area contributed by atoms with E-state index in [-0.39, 0.29) is 5.15 Å². The van der Waals surface area contributed by atoms with Crippen LogP contribution in [0.2, 0.25) is 15.2 Å². The molecule has 0 fully saturated rings. The van der Waals surface area contributed by atoms with Crippen molar-refractivity contribution >= 4 is 40.6 Å². The molecule has 3 nitrogen and oxygen atoms in total. The van der Waals surface area contributed by atoms with E-state index in [1.54, 1.807) is 13.2 Å². The Bertz CT molecular complexity index is 333. The number of halogens is 3. The van der Waals surface area contributed by atoms with Crippen molar-refractivity contribution in [2.45, 2.75) is 6.42 Å². The molecular formula is C9H11Cl3N2O. The zero-order chi connectivity index (χ0) is 11.3. The first-order valence-electron chi connectivity index (χ1n) is 4.39. The molecule has 84 valence electrons. The van der Waals surface area contributed by atoms with Crippen LogP contribution in [0.15, 0.2) is 6.07 Å². The molecule has 0 aliphatic heterocycles. The van der Waals surface area contributed by atoms with Gasteiger partial charge in [-0.15, -0.1) is 0 Å². The minimum Gasteiger partial charge on any atom is -0.385 e. The topological polar surface area (TPSA) is 34.1 Å². The second kappa shape index (κ2) is 6.38. The number of hydrogen-bond acceptors (Lipinski definition) is 3. The Morgan fingerprint density at radius 3 is 2.73 bits per heavy atom. The van der Waals surface area contributed by atoms with Crippen molar-refractivity contribution in [2.75, 3.05) is 25.6 Å². The number of anilines is 1.